The molecule has 1 heterocycles. The van der Waals surface area contributed by atoms with E-state index in [9.17, 15) is 9.50 Å². The van der Waals surface area contributed by atoms with E-state index in [0.717, 1.165) is 16.6 Å². The van der Waals surface area contributed by atoms with Crippen molar-refractivity contribution in [3.63, 3.8) is 0 Å². The van der Waals surface area contributed by atoms with Crippen molar-refractivity contribution in [3.05, 3.63) is 39.6 Å². The maximum Gasteiger partial charge on any atom is 0.133 e. The third kappa shape index (κ3) is 2.79. The van der Waals surface area contributed by atoms with Crippen LogP contribution in [0.5, 0.6) is 0 Å². The zero-order valence-corrected chi connectivity index (χ0v) is 12.3. The molecule has 1 atom stereocenters. The van der Waals surface area contributed by atoms with Gasteiger partial charge in [-0.2, -0.15) is 0 Å². The van der Waals surface area contributed by atoms with E-state index < -0.39 is 0 Å². The molecule has 0 spiro atoms. The molecule has 1 unspecified atom stereocenters. The molecule has 2 rings (SSSR count). The second-order valence-electron chi connectivity index (χ2n) is 3.99. The van der Waals surface area contributed by atoms with Crippen LogP contribution < -0.4 is 0 Å². The van der Waals surface area contributed by atoms with Crippen LogP contribution in [0.25, 0.3) is 10.6 Å². The molecule has 1 N–H and O–H groups in total. The second kappa shape index (κ2) is 5.91. The zero-order chi connectivity index (χ0) is 13.1. The number of hydrogen-bond donors (Lipinski definition) is 1. The van der Waals surface area contributed by atoms with Crippen LogP contribution in [0.2, 0.25) is 0 Å². The minimum absolute atomic E-state index is 0.0326. The molecule has 2 aromatic rings. The second-order valence-corrected chi connectivity index (χ2v) is 5.76. The van der Waals surface area contributed by atoms with Crippen molar-refractivity contribution in [2.45, 2.75) is 19.3 Å². The Morgan fingerprint density at radius 3 is 2.94 bits per heavy atom. The number of hydrogen-bond acceptors (Lipinski definition) is 3. The van der Waals surface area contributed by atoms with Gasteiger partial charge in [-0.05, 0) is 24.6 Å². The van der Waals surface area contributed by atoms with E-state index in [0.29, 0.717) is 10.6 Å². The van der Waals surface area contributed by atoms with Gasteiger partial charge in [-0.1, -0.05) is 22.9 Å². The van der Waals surface area contributed by atoms with Gasteiger partial charge < -0.3 is 5.11 Å². The fourth-order valence-corrected chi connectivity index (χ4v) is 2.97. The van der Waals surface area contributed by atoms with Gasteiger partial charge in [0.15, 0.2) is 0 Å². The van der Waals surface area contributed by atoms with E-state index in [-0.39, 0.29) is 18.3 Å². The number of halogens is 2. The molecule has 0 saturated heterocycles. The van der Waals surface area contributed by atoms with Crippen LogP contribution in [0.1, 0.15) is 25.0 Å². The molecule has 0 aliphatic rings. The molecule has 1 aromatic heterocycles. The first-order valence-electron chi connectivity index (χ1n) is 5.67. The highest BCUT2D eigenvalue weighted by Gasteiger charge is 2.15. The van der Waals surface area contributed by atoms with Crippen molar-refractivity contribution in [1.82, 2.24) is 4.98 Å². The zero-order valence-electron chi connectivity index (χ0n) is 9.86. The summed E-state index contributed by atoms with van der Waals surface area (Å²) in [5, 5.41) is 11.8. The predicted octanol–water partition coefficient (Wildman–Crippen LogP) is 4.20. The molecule has 2 nitrogen and oxygen atoms in total. The number of benzene rings is 1. The third-order valence-electron chi connectivity index (χ3n) is 2.81. The molecular formula is C13H13BrFNOS. The molecule has 0 radical (unpaired) electrons. The van der Waals surface area contributed by atoms with Crippen LogP contribution in [0.15, 0.2) is 28.1 Å². The van der Waals surface area contributed by atoms with Gasteiger partial charge in [0.2, 0.25) is 0 Å². The van der Waals surface area contributed by atoms with Gasteiger partial charge >= 0.3 is 0 Å². The van der Waals surface area contributed by atoms with Gasteiger partial charge in [0.05, 0.1) is 12.3 Å². The third-order valence-corrected chi connectivity index (χ3v) is 4.20. The number of aliphatic hydroxyl groups is 1. The number of aliphatic hydroxyl groups excluding tert-OH is 1. The average molecular weight is 330 g/mol. The van der Waals surface area contributed by atoms with Gasteiger partial charge in [-0.3, -0.25) is 0 Å². The van der Waals surface area contributed by atoms with E-state index in [2.05, 4.69) is 20.9 Å². The molecule has 0 saturated carbocycles. The summed E-state index contributed by atoms with van der Waals surface area (Å²) in [5.74, 6) is -0.249. The van der Waals surface area contributed by atoms with E-state index in [1.165, 1.54) is 17.4 Å². The molecule has 0 aliphatic heterocycles. The Balaban J connectivity index is 2.37. The van der Waals surface area contributed by atoms with Gasteiger partial charge in [-0.25, -0.2) is 9.37 Å². The smallest absolute Gasteiger partial charge is 0.133 e. The Morgan fingerprint density at radius 1 is 1.50 bits per heavy atom. The van der Waals surface area contributed by atoms with E-state index >= 15 is 0 Å². The molecule has 0 amide bonds. The Bertz CT molecular complexity index is 540. The summed E-state index contributed by atoms with van der Waals surface area (Å²) in [4.78, 5) is 4.42. The molecule has 0 fully saturated rings. The Hall–Kier alpha value is -0.780. The monoisotopic (exact) mass is 329 g/mol. The highest BCUT2D eigenvalue weighted by Crippen LogP contribution is 2.31. The number of nitrogens with zero attached hydrogens (tertiary/aromatic N) is 1. The molecular weight excluding hydrogens is 317 g/mol. The van der Waals surface area contributed by atoms with Crippen LogP contribution in [0.4, 0.5) is 4.39 Å². The lowest BCUT2D eigenvalue weighted by molar-refractivity contribution is 0.260. The normalized spacial score (nSPS) is 12.7. The number of thiazole rings is 1. The lowest BCUT2D eigenvalue weighted by atomic mass is 10.1. The Kier molecular flexibility index (Phi) is 4.48. The first-order valence-corrected chi connectivity index (χ1v) is 7.34. The quantitative estimate of drug-likeness (QED) is 0.911. The lowest BCUT2D eigenvalue weighted by Crippen LogP contribution is -2.02. The summed E-state index contributed by atoms with van der Waals surface area (Å²) in [7, 11) is 0. The van der Waals surface area contributed by atoms with Crippen LogP contribution in [-0.2, 0) is 0 Å². The molecule has 5 heteroatoms. The lowest BCUT2D eigenvalue weighted by Gasteiger charge is -2.07. The van der Waals surface area contributed by atoms with Gasteiger partial charge in [0.25, 0.3) is 0 Å². The van der Waals surface area contributed by atoms with Crippen molar-refractivity contribution in [1.29, 1.82) is 0 Å². The van der Waals surface area contributed by atoms with E-state index in [1.54, 1.807) is 12.1 Å². The van der Waals surface area contributed by atoms with Crippen LogP contribution in [-0.4, -0.2) is 16.7 Å². The molecule has 1 aromatic carbocycles. The van der Waals surface area contributed by atoms with Gasteiger partial charge in [0, 0.05) is 21.3 Å². The maximum atomic E-state index is 13.7. The average Bonchev–Trinajstić information content (AvgIpc) is 2.83. The number of aromatic nitrogens is 1. The van der Waals surface area contributed by atoms with E-state index in [1.807, 2.05) is 12.3 Å². The Labute approximate surface area is 118 Å². The topological polar surface area (TPSA) is 33.1 Å². The summed E-state index contributed by atoms with van der Waals surface area (Å²) >= 11 is 4.73. The standard InChI is InChI=1S/C13H13BrFNOS/c1-2-8(6-17)12-7-18-13(16-12)10-5-9(14)3-4-11(10)15/h3-5,7-8,17H,2,6H2,1H3. The van der Waals surface area contributed by atoms with Crippen LogP contribution in [0.3, 0.4) is 0 Å². The maximum absolute atomic E-state index is 13.7. The summed E-state index contributed by atoms with van der Waals surface area (Å²) in [6.07, 6.45) is 0.820. The molecule has 96 valence electrons. The van der Waals surface area contributed by atoms with Crippen molar-refractivity contribution >= 4 is 27.3 Å². The molecule has 0 bridgehead atoms. The first-order chi connectivity index (χ1) is 8.65. The van der Waals surface area contributed by atoms with Crippen LogP contribution in [0, 0.1) is 5.82 Å². The van der Waals surface area contributed by atoms with E-state index in [4.69, 9.17) is 0 Å². The summed E-state index contributed by atoms with van der Waals surface area (Å²) in [6.45, 7) is 2.07. The van der Waals surface area contributed by atoms with Crippen molar-refractivity contribution < 1.29 is 9.50 Å². The highest BCUT2D eigenvalue weighted by atomic mass is 79.9. The van der Waals surface area contributed by atoms with Crippen molar-refractivity contribution in [2.24, 2.45) is 0 Å². The fraction of sp³-hybridized carbons (Fsp3) is 0.308. The van der Waals surface area contributed by atoms with Gasteiger partial charge in [0.1, 0.15) is 10.8 Å². The van der Waals surface area contributed by atoms with Crippen molar-refractivity contribution in [2.75, 3.05) is 6.61 Å². The molecule has 0 aliphatic carbocycles. The van der Waals surface area contributed by atoms with Crippen molar-refractivity contribution in [3.8, 4) is 10.6 Å². The molecule has 18 heavy (non-hydrogen) atoms. The Morgan fingerprint density at radius 2 is 2.28 bits per heavy atom. The predicted molar refractivity (Wildman–Crippen MR) is 75.3 cm³/mol. The largest absolute Gasteiger partial charge is 0.396 e. The minimum Gasteiger partial charge on any atom is -0.396 e. The minimum atomic E-state index is -0.281. The number of rotatable bonds is 4. The first kappa shape index (κ1) is 13.6. The van der Waals surface area contributed by atoms with Crippen LogP contribution >= 0.6 is 27.3 Å². The highest BCUT2D eigenvalue weighted by molar-refractivity contribution is 9.10. The summed E-state index contributed by atoms with van der Waals surface area (Å²) in [6, 6.07) is 4.80. The summed E-state index contributed by atoms with van der Waals surface area (Å²) < 4.78 is 14.5. The van der Waals surface area contributed by atoms with Gasteiger partial charge in [-0.15, -0.1) is 11.3 Å². The summed E-state index contributed by atoms with van der Waals surface area (Å²) in [5.41, 5.74) is 1.33. The SMILES string of the molecule is CCC(CO)c1csc(-c2cc(Br)ccc2F)n1. The fourth-order valence-electron chi connectivity index (χ4n) is 1.69.